The molecule has 3 amide bonds. The van der Waals surface area contributed by atoms with Gasteiger partial charge >= 0.3 is 12.1 Å². The van der Waals surface area contributed by atoms with Gasteiger partial charge in [0.2, 0.25) is 5.92 Å². The van der Waals surface area contributed by atoms with E-state index in [4.69, 9.17) is 15.5 Å². The predicted octanol–water partition coefficient (Wildman–Crippen LogP) is 4.09. The number of halogens is 4. The molecule has 0 bridgehead atoms. The number of hydrogen-bond donors (Lipinski definition) is 2. The summed E-state index contributed by atoms with van der Waals surface area (Å²) in [5.74, 6) is -7.34. The summed E-state index contributed by atoms with van der Waals surface area (Å²) < 4.78 is 63.4. The first-order chi connectivity index (χ1) is 17.6. The van der Waals surface area contributed by atoms with Crippen molar-refractivity contribution in [3.8, 4) is 0 Å². The van der Waals surface area contributed by atoms with E-state index in [2.05, 4.69) is 10.4 Å². The fourth-order valence-electron chi connectivity index (χ4n) is 6.17. The van der Waals surface area contributed by atoms with Gasteiger partial charge in [-0.25, -0.2) is 36.7 Å². The molecule has 13 heteroatoms. The SMILES string of the molecule is CC(C)(C)C(OC(N)=O)C1(c2cn3ncc(CN4C[C@@H]5[C@@H](CNC4=O)C5(F)F)cc3n2)CCC(F)(F)CC1. The van der Waals surface area contributed by atoms with Crippen molar-refractivity contribution < 1.29 is 31.9 Å². The van der Waals surface area contributed by atoms with Crippen LogP contribution in [0.15, 0.2) is 18.5 Å². The van der Waals surface area contributed by atoms with E-state index in [9.17, 15) is 27.2 Å². The van der Waals surface area contributed by atoms with Gasteiger partial charge in [0, 0.05) is 32.5 Å². The largest absolute Gasteiger partial charge is 0.445 e. The molecule has 1 saturated heterocycles. The molecule has 1 aliphatic heterocycles. The summed E-state index contributed by atoms with van der Waals surface area (Å²) in [5.41, 5.74) is 5.15. The van der Waals surface area contributed by atoms with Crippen molar-refractivity contribution >= 4 is 17.8 Å². The molecule has 0 aromatic carbocycles. The summed E-state index contributed by atoms with van der Waals surface area (Å²) in [6.07, 6.45) is 0.581. The molecule has 9 nitrogen and oxygen atoms in total. The van der Waals surface area contributed by atoms with Crippen molar-refractivity contribution in [3.63, 3.8) is 0 Å². The highest BCUT2D eigenvalue weighted by molar-refractivity contribution is 5.75. The second kappa shape index (κ2) is 8.70. The predicted molar refractivity (Wildman–Crippen MR) is 128 cm³/mol. The first-order valence-corrected chi connectivity index (χ1v) is 12.7. The van der Waals surface area contributed by atoms with Crippen molar-refractivity contribution in [2.45, 2.75) is 76.4 Å². The van der Waals surface area contributed by atoms with Crippen molar-refractivity contribution in [1.29, 1.82) is 0 Å². The second-order valence-electron chi connectivity index (χ2n) is 11.9. The quantitative estimate of drug-likeness (QED) is 0.555. The number of nitrogens with two attached hydrogens (primary N) is 1. The van der Waals surface area contributed by atoms with E-state index < -0.39 is 65.6 Å². The first-order valence-electron chi connectivity index (χ1n) is 12.7. The topological polar surface area (TPSA) is 115 Å². The third kappa shape index (κ3) is 4.64. The number of hydrogen-bond acceptors (Lipinski definition) is 5. The van der Waals surface area contributed by atoms with E-state index in [-0.39, 0.29) is 32.5 Å². The fourth-order valence-corrected chi connectivity index (χ4v) is 6.17. The average Bonchev–Trinajstić information content (AvgIpc) is 3.14. The Kier molecular flexibility index (Phi) is 6.06. The molecular weight excluding hydrogens is 508 g/mol. The molecular formula is C25H32F4N6O3. The van der Waals surface area contributed by atoms with E-state index >= 15 is 0 Å². The van der Waals surface area contributed by atoms with Crippen LogP contribution in [0, 0.1) is 17.3 Å². The number of aromatic nitrogens is 3. The lowest BCUT2D eigenvalue weighted by Crippen LogP contribution is -2.53. The van der Waals surface area contributed by atoms with E-state index in [1.807, 2.05) is 20.8 Å². The Bertz CT molecular complexity index is 1250. The van der Waals surface area contributed by atoms with Crippen molar-refractivity contribution in [2.75, 3.05) is 13.1 Å². The summed E-state index contributed by atoms with van der Waals surface area (Å²) in [4.78, 5) is 30.3. The summed E-state index contributed by atoms with van der Waals surface area (Å²) in [6.45, 7) is 5.48. The molecule has 1 unspecified atom stereocenters. The first kappa shape index (κ1) is 26.5. The number of primary amides is 1. The minimum absolute atomic E-state index is 0.0245. The monoisotopic (exact) mass is 540 g/mol. The number of rotatable bonds is 5. The van der Waals surface area contributed by atoms with Crippen LogP contribution < -0.4 is 11.1 Å². The highest BCUT2D eigenvalue weighted by Crippen LogP contribution is 2.56. The Morgan fingerprint density at radius 3 is 2.53 bits per heavy atom. The number of carbonyl (C=O) groups is 2. The summed E-state index contributed by atoms with van der Waals surface area (Å²) >= 11 is 0. The van der Waals surface area contributed by atoms with Crippen molar-refractivity contribution in [1.82, 2.24) is 24.8 Å². The standard InChI is InChI=1S/C25H32F4N6O3/c1-22(2,3)19(38-20(30)36)23(4-6-24(26,27)7-5-23)17-13-35-18(33-17)8-14(9-32-35)11-34-12-16-15(25(16,28)29)10-31-21(34)37/h8-9,13,15-16,19H,4-7,10-12H2,1-3H3,(H2,30,36)(H,31,37)/t15-,16-,19?/m1/s1. The van der Waals surface area contributed by atoms with Crippen LogP contribution in [-0.2, 0) is 16.7 Å². The molecule has 2 saturated carbocycles. The van der Waals surface area contributed by atoms with Crippen LogP contribution in [0.3, 0.4) is 0 Å². The molecule has 3 N–H and O–H groups in total. The smallest absolute Gasteiger partial charge is 0.404 e. The Morgan fingerprint density at radius 2 is 1.89 bits per heavy atom. The Balaban J connectivity index is 1.47. The van der Waals surface area contributed by atoms with Gasteiger partial charge < -0.3 is 20.7 Å². The lowest BCUT2D eigenvalue weighted by atomic mass is 9.61. The number of ether oxygens (including phenoxy) is 1. The van der Waals surface area contributed by atoms with Gasteiger partial charge in [-0.1, -0.05) is 20.8 Å². The maximum atomic E-state index is 14.3. The van der Waals surface area contributed by atoms with Gasteiger partial charge in [-0.2, -0.15) is 5.10 Å². The molecule has 2 aromatic rings. The van der Waals surface area contributed by atoms with E-state index in [1.54, 1.807) is 12.3 Å². The second-order valence-corrected chi connectivity index (χ2v) is 11.9. The Labute approximate surface area is 217 Å². The average molecular weight is 541 g/mol. The van der Waals surface area contributed by atoms with E-state index in [0.717, 1.165) is 0 Å². The summed E-state index contributed by atoms with van der Waals surface area (Å²) in [7, 11) is 0. The molecule has 2 aromatic heterocycles. The van der Waals surface area contributed by atoms with Crippen LogP contribution in [-0.4, -0.2) is 62.7 Å². The summed E-state index contributed by atoms with van der Waals surface area (Å²) in [6, 6.07) is 1.26. The maximum Gasteiger partial charge on any atom is 0.404 e. The third-order valence-electron chi connectivity index (χ3n) is 8.20. The number of amides is 3. The van der Waals surface area contributed by atoms with Crippen LogP contribution in [0.5, 0.6) is 0 Å². The number of carbonyl (C=O) groups excluding carboxylic acids is 2. The Morgan fingerprint density at radius 1 is 1.21 bits per heavy atom. The molecule has 208 valence electrons. The van der Waals surface area contributed by atoms with Gasteiger partial charge in [0.15, 0.2) is 5.65 Å². The lowest BCUT2D eigenvalue weighted by Gasteiger charge is -2.48. The molecule has 3 fully saturated rings. The number of fused-ring (bicyclic) bond motifs is 2. The van der Waals surface area contributed by atoms with Gasteiger partial charge in [0.1, 0.15) is 6.10 Å². The van der Waals surface area contributed by atoms with Crippen LogP contribution in [0.25, 0.3) is 5.65 Å². The third-order valence-corrected chi connectivity index (χ3v) is 8.20. The van der Waals surface area contributed by atoms with Crippen LogP contribution in [0.2, 0.25) is 0 Å². The zero-order valence-corrected chi connectivity index (χ0v) is 21.5. The zero-order chi connectivity index (χ0) is 27.7. The zero-order valence-electron chi connectivity index (χ0n) is 21.5. The van der Waals surface area contributed by atoms with Gasteiger partial charge in [-0.3, -0.25) is 0 Å². The van der Waals surface area contributed by atoms with Crippen LogP contribution >= 0.6 is 0 Å². The Hall–Kier alpha value is -3.12. The molecule has 0 radical (unpaired) electrons. The highest BCUT2D eigenvalue weighted by Gasteiger charge is 2.69. The molecule has 3 heterocycles. The normalized spacial score (nSPS) is 26.7. The lowest BCUT2D eigenvalue weighted by molar-refractivity contribution is -0.0961. The molecule has 3 aliphatic rings. The number of nitrogens with one attached hydrogen (secondary N) is 1. The minimum atomic E-state index is -2.84. The van der Waals surface area contributed by atoms with Gasteiger partial charge in [0.05, 0.1) is 35.3 Å². The number of alkyl halides is 4. The maximum absolute atomic E-state index is 14.3. The molecule has 2 aliphatic carbocycles. The number of nitrogens with zero attached hydrogens (tertiary/aromatic N) is 4. The highest BCUT2D eigenvalue weighted by atomic mass is 19.3. The molecule has 3 atom stereocenters. The van der Waals surface area contributed by atoms with Crippen LogP contribution in [0.4, 0.5) is 27.2 Å². The van der Waals surface area contributed by atoms with Crippen LogP contribution in [0.1, 0.15) is 57.7 Å². The fraction of sp³-hybridized carbons (Fsp3) is 0.680. The van der Waals surface area contributed by atoms with E-state index in [0.29, 0.717) is 16.9 Å². The molecule has 0 spiro atoms. The van der Waals surface area contributed by atoms with Crippen molar-refractivity contribution in [2.24, 2.45) is 23.0 Å². The summed E-state index contributed by atoms with van der Waals surface area (Å²) in [5, 5.41) is 6.93. The number of urea groups is 1. The number of imidazole rings is 1. The molecule has 5 rings (SSSR count). The van der Waals surface area contributed by atoms with Crippen molar-refractivity contribution in [3.05, 3.63) is 29.7 Å². The molecule has 38 heavy (non-hydrogen) atoms. The van der Waals surface area contributed by atoms with Gasteiger partial charge in [0.25, 0.3) is 5.92 Å². The minimum Gasteiger partial charge on any atom is -0.445 e. The van der Waals surface area contributed by atoms with E-state index in [1.165, 1.54) is 15.6 Å². The van der Waals surface area contributed by atoms with Gasteiger partial charge in [-0.15, -0.1) is 0 Å². The van der Waals surface area contributed by atoms with Gasteiger partial charge in [-0.05, 0) is 29.9 Å².